The van der Waals surface area contributed by atoms with Crippen molar-refractivity contribution in [2.75, 3.05) is 6.61 Å². The van der Waals surface area contributed by atoms with Crippen molar-refractivity contribution >= 4 is 11.9 Å². The van der Waals surface area contributed by atoms with Crippen LogP contribution in [0.2, 0.25) is 0 Å². The molecule has 7 heteroatoms. The fourth-order valence-electron chi connectivity index (χ4n) is 3.18. The molecule has 7 nitrogen and oxygen atoms in total. The van der Waals surface area contributed by atoms with Crippen LogP contribution in [0, 0.1) is 0 Å². The summed E-state index contributed by atoms with van der Waals surface area (Å²) >= 11 is 0. The summed E-state index contributed by atoms with van der Waals surface area (Å²) in [5.74, 6) is -0.899. The fourth-order valence-corrected chi connectivity index (χ4v) is 3.18. The van der Waals surface area contributed by atoms with Gasteiger partial charge in [-0.05, 0) is 30.3 Å². The van der Waals surface area contributed by atoms with Gasteiger partial charge in [0.25, 0.3) is 0 Å². The van der Waals surface area contributed by atoms with Crippen LogP contribution in [0.1, 0.15) is 33.4 Å². The lowest BCUT2D eigenvalue weighted by Crippen LogP contribution is -2.32. The van der Waals surface area contributed by atoms with Gasteiger partial charge in [0.15, 0.2) is 6.23 Å². The molecule has 29 heavy (non-hydrogen) atoms. The molecule has 0 saturated carbocycles. The van der Waals surface area contributed by atoms with Crippen LogP contribution in [-0.2, 0) is 14.2 Å². The van der Waals surface area contributed by atoms with Crippen LogP contribution >= 0.6 is 0 Å². The molecule has 0 aliphatic carbocycles. The number of ether oxygens (including phenoxy) is 3. The molecule has 1 saturated heterocycles. The number of benzene rings is 2. The molecular formula is C22H20N2O5. The smallest absolute Gasteiger partial charge is 0.338 e. The number of rotatable bonds is 6. The summed E-state index contributed by atoms with van der Waals surface area (Å²) in [4.78, 5) is 24.7. The maximum Gasteiger partial charge on any atom is 0.338 e. The van der Waals surface area contributed by atoms with E-state index in [9.17, 15) is 9.59 Å². The molecule has 4 rings (SSSR count). The van der Waals surface area contributed by atoms with Gasteiger partial charge in [-0.2, -0.15) is 5.10 Å². The molecule has 148 valence electrons. The first-order valence-corrected chi connectivity index (χ1v) is 9.33. The van der Waals surface area contributed by atoms with Gasteiger partial charge in [0, 0.05) is 18.8 Å². The predicted octanol–water partition coefficient (Wildman–Crippen LogP) is 3.25. The second kappa shape index (κ2) is 8.70. The standard InChI is InChI=1S/C22H20N2O5/c25-21(16-8-3-1-4-9-16)27-15-19-18(14-20(28-19)24-13-7-12-23-24)29-22(26)17-10-5-2-6-11-17/h1-13,18-20H,14-15H2/t18-,19+,20-/m0/s1. The topological polar surface area (TPSA) is 79.7 Å². The zero-order valence-electron chi connectivity index (χ0n) is 15.6. The Balaban J connectivity index is 1.44. The Morgan fingerprint density at radius 3 is 2.24 bits per heavy atom. The fraction of sp³-hybridized carbons (Fsp3) is 0.227. The highest BCUT2D eigenvalue weighted by atomic mass is 16.6. The van der Waals surface area contributed by atoms with Gasteiger partial charge in [-0.15, -0.1) is 0 Å². The molecule has 0 amide bonds. The average Bonchev–Trinajstić information content (AvgIpc) is 3.43. The number of hydrogen-bond donors (Lipinski definition) is 0. The normalized spacial score (nSPS) is 20.9. The molecule has 1 fully saturated rings. The lowest BCUT2D eigenvalue weighted by Gasteiger charge is -2.19. The highest BCUT2D eigenvalue weighted by molar-refractivity contribution is 5.90. The maximum absolute atomic E-state index is 12.5. The minimum absolute atomic E-state index is 0.0295. The van der Waals surface area contributed by atoms with Gasteiger partial charge in [0.1, 0.15) is 18.8 Å². The van der Waals surface area contributed by atoms with Crippen LogP contribution in [0.5, 0.6) is 0 Å². The van der Waals surface area contributed by atoms with E-state index in [1.54, 1.807) is 71.7 Å². The lowest BCUT2D eigenvalue weighted by molar-refractivity contribution is -0.0600. The summed E-state index contributed by atoms with van der Waals surface area (Å²) in [6.07, 6.45) is 2.27. The van der Waals surface area contributed by atoms with Crippen molar-refractivity contribution in [3.8, 4) is 0 Å². The molecule has 1 aliphatic rings. The predicted molar refractivity (Wildman–Crippen MR) is 103 cm³/mol. The van der Waals surface area contributed by atoms with E-state index in [0.29, 0.717) is 17.5 Å². The Morgan fingerprint density at radius 2 is 1.62 bits per heavy atom. The number of carbonyl (C=O) groups is 2. The van der Waals surface area contributed by atoms with Crippen LogP contribution in [0.4, 0.5) is 0 Å². The van der Waals surface area contributed by atoms with Crippen LogP contribution in [0.25, 0.3) is 0 Å². The second-order valence-electron chi connectivity index (χ2n) is 6.63. The summed E-state index contributed by atoms with van der Waals surface area (Å²) in [5.41, 5.74) is 0.905. The van der Waals surface area contributed by atoms with Crippen molar-refractivity contribution in [3.05, 3.63) is 90.3 Å². The SMILES string of the molecule is O=C(OC[C@H]1O[C@H](n2cccn2)C[C@@H]1OC(=O)c1ccccc1)c1ccccc1. The number of aromatic nitrogens is 2. The van der Waals surface area contributed by atoms with Crippen LogP contribution in [-0.4, -0.2) is 40.5 Å². The van der Waals surface area contributed by atoms with Gasteiger partial charge in [0.05, 0.1) is 11.1 Å². The Bertz CT molecular complexity index is 944. The molecule has 0 N–H and O–H groups in total. The van der Waals surface area contributed by atoms with E-state index in [1.807, 2.05) is 12.1 Å². The van der Waals surface area contributed by atoms with Crippen LogP contribution < -0.4 is 0 Å². The first-order valence-electron chi connectivity index (χ1n) is 9.33. The summed E-state index contributed by atoms with van der Waals surface area (Å²) < 4.78 is 18.7. The molecule has 0 unspecified atom stereocenters. The van der Waals surface area contributed by atoms with E-state index < -0.39 is 30.4 Å². The van der Waals surface area contributed by atoms with Crippen molar-refractivity contribution in [3.63, 3.8) is 0 Å². The van der Waals surface area contributed by atoms with Gasteiger partial charge in [-0.25, -0.2) is 14.3 Å². The van der Waals surface area contributed by atoms with E-state index in [1.165, 1.54) is 0 Å². The zero-order valence-corrected chi connectivity index (χ0v) is 15.6. The summed E-state index contributed by atoms with van der Waals surface area (Å²) in [6, 6.07) is 19.2. The van der Waals surface area contributed by atoms with E-state index in [4.69, 9.17) is 14.2 Å². The largest absolute Gasteiger partial charge is 0.459 e. The number of hydrogen-bond acceptors (Lipinski definition) is 6. The third kappa shape index (κ3) is 4.52. The maximum atomic E-state index is 12.5. The first kappa shape index (κ1) is 18.9. The Hall–Kier alpha value is -3.45. The molecule has 1 aromatic heterocycles. The summed E-state index contributed by atoms with van der Waals surface area (Å²) in [7, 11) is 0. The van der Waals surface area contributed by atoms with E-state index >= 15 is 0 Å². The molecular weight excluding hydrogens is 372 g/mol. The van der Waals surface area contributed by atoms with E-state index in [0.717, 1.165) is 0 Å². The number of esters is 2. The third-order valence-corrected chi connectivity index (χ3v) is 4.66. The van der Waals surface area contributed by atoms with Crippen molar-refractivity contribution in [1.82, 2.24) is 9.78 Å². The van der Waals surface area contributed by atoms with Crippen molar-refractivity contribution in [1.29, 1.82) is 0 Å². The van der Waals surface area contributed by atoms with Crippen molar-refractivity contribution in [2.45, 2.75) is 24.9 Å². The monoisotopic (exact) mass is 392 g/mol. The van der Waals surface area contributed by atoms with Crippen LogP contribution in [0.15, 0.2) is 79.1 Å². The van der Waals surface area contributed by atoms with Gasteiger partial charge in [0.2, 0.25) is 0 Å². The molecule has 3 aromatic rings. The quantitative estimate of drug-likeness (QED) is 0.599. The highest BCUT2D eigenvalue weighted by Gasteiger charge is 2.40. The number of nitrogens with zero attached hydrogens (tertiary/aromatic N) is 2. The Kier molecular flexibility index (Phi) is 5.67. The minimum atomic E-state index is -0.593. The van der Waals surface area contributed by atoms with Crippen molar-refractivity contribution < 1.29 is 23.8 Å². The van der Waals surface area contributed by atoms with Gasteiger partial charge in [-0.1, -0.05) is 36.4 Å². The van der Waals surface area contributed by atoms with Crippen LogP contribution in [0.3, 0.4) is 0 Å². The summed E-state index contributed by atoms with van der Waals surface area (Å²) in [5, 5.41) is 4.19. The van der Waals surface area contributed by atoms with Gasteiger partial charge < -0.3 is 14.2 Å². The van der Waals surface area contributed by atoms with E-state index in [2.05, 4.69) is 5.10 Å². The molecule has 2 heterocycles. The molecule has 2 aromatic carbocycles. The molecule has 0 radical (unpaired) electrons. The summed E-state index contributed by atoms with van der Waals surface area (Å²) in [6.45, 7) is -0.0295. The first-order chi connectivity index (χ1) is 14.2. The Morgan fingerprint density at radius 1 is 0.966 bits per heavy atom. The highest BCUT2D eigenvalue weighted by Crippen LogP contribution is 2.31. The molecule has 3 atom stereocenters. The molecule has 0 spiro atoms. The van der Waals surface area contributed by atoms with E-state index in [-0.39, 0.29) is 6.61 Å². The van der Waals surface area contributed by atoms with Gasteiger partial charge in [-0.3, -0.25) is 0 Å². The van der Waals surface area contributed by atoms with Gasteiger partial charge >= 0.3 is 11.9 Å². The minimum Gasteiger partial charge on any atom is -0.459 e. The lowest BCUT2D eigenvalue weighted by atomic mass is 10.1. The zero-order chi connectivity index (χ0) is 20.1. The number of carbonyl (C=O) groups excluding carboxylic acids is 2. The Labute approximate surface area is 167 Å². The van der Waals surface area contributed by atoms with Crippen molar-refractivity contribution in [2.24, 2.45) is 0 Å². The average molecular weight is 392 g/mol. The third-order valence-electron chi connectivity index (χ3n) is 4.66. The molecule has 0 bridgehead atoms. The molecule has 1 aliphatic heterocycles. The second-order valence-corrected chi connectivity index (χ2v) is 6.63.